The van der Waals surface area contributed by atoms with Gasteiger partial charge < -0.3 is 14.8 Å². The van der Waals surface area contributed by atoms with Gasteiger partial charge in [-0.2, -0.15) is 10.4 Å². The Labute approximate surface area is 137 Å². The first kappa shape index (κ1) is 19.0. The predicted molar refractivity (Wildman–Crippen MR) is 86.0 cm³/mol. The Bertz CT molecular complexity index is 579. The third kappa shape index (κ3) is 6.70. The number of nitrogens with one attached hydrogen (secondary N) is 1. The summed E-state index contributed by atoms with van der Waals surface area (Å²) in [5.74, 6) is 0. The van der Waals surface area contributed by atoms with Gasteiger partial charge in [-0.3, -0.25) is 4.68 Å². The van der Waals surface area contributed by atoms with E-state index in [4.69, 9.17) is 14.7 Å². The molecule has 0 atom stereocenters. The van der Waals surface area contributed by atoms with Gasteiger partial charge in [-0.15, -0.1) is 0 Å². The molecular weight excluding hydrogens is 296 g/mol. The van der Waals surface area contributed by atoms with Gasteiger partial charge in [-0.1, -0.05) is 0 Å². The summed E-state index contributed by atoms with van der Waals surface area (Å²) in [7, 11) is 1.61. The maximum absolute atomic E-state index is 12.0. The molecule has 128 valence electrons. The molecular formula is C16H26N4O3. The van der Waals surface area contributed by atoms with Crippen molar-refractivity contribution < 1.29 is 14.3 Å². The van der Waals surface area contributed by atoms with Crippen molar-refractivity contribution in [3.05, 3.63) is 17.5 Å². The van der Waals surface area contributed by atoms with Gasteiger partial charge in [0.25, 0.3) is 0 Å². The summed E-state index contributed by atoms with van der Waals surface area (Å²) in [4.78, 5) is 12.0. The number of hydrogen-bond acceptors (Lipinski definition) is 5. The summed E-state index contributed by atoms with van der Waals surface area (Å²) in [6.07, 6.45) is 0.0518. The monoisotopic (exact) mass is 322 g/mol. The highest BCUT2D eigenvalue weighted by Crippen LogP contribution is 2.16. The van der Waals surface area contributed by atoms with Crippen LogP contribution in [0.15, 0.2) is 6.07 Å². The van der Waals surface area contributed by atoms with E-state index in [1.807, 2.05) is 40.7 Å². The van der Waals surface area contributed by atoms with Crippen LogP contribution in [0.2, 0.25) is 0 Å². The Morgan fingerprint density at radius 2 is 2.04 bits per heavy atom. The number of carbonyl (C=O) groups is 1. The Hall–Kier alpha value is -2.07. The predicted octanol–water partition coefficient (Wildman–Crippen LogP) is 2.25. The lowest BCUT2D eigenvalue weighted by molar-refractivity contribution is 0.0471. The SMILES string of the molecule is COCCn1nc(C#N)cc1CC(C)(C)NC(=O)OC(C)(C)C. The van der Waals surface area contributed by atoms with Crippen LogP contribution in [0.25, 0.3) is 0 Å². The van der Waals surface area contributed by atoms with E-state index in [0.717, 1.165) is 5.69 Å². The number of ether oxygens (including phenoxy) is 2. The first-order valence-corrected chi connectivity index (χ1v) is 7.53. The summed E-state index contributed by atoms with van der Waals surface area (Å²) in [5.41, 5.74) is 0.123. The van der Waals surface area contributed by atoms with Crippen LogP contribution in [0.5, 0.6) is 0 Å². The fraction of sp³-hybridized carbons (Fsp3) is 0.688. The van der Waals surface area contributed by atoms with Gasteiger partial charge in [0.05, 0.1) is 13.2 Å². The number of rotatable bonds is 6. The Kier molecular flexibility index (Phi) is 6.16. The molecule has 1 aromatic heterocycles. The number of hydrogen-bond donors (Lipinski definition) is 1. The van der Waals surface area contributed by atoms with E-state index in [2.05, 4.69) is 10.4 Å². The van der Waals surface area contributed by atoms with Gasteiger partial charge in [-0.25, -0.2) is 4.79 Å². The van der Waals surface area contributed by atoms with Gasteiger partial charge >= 0.3 is 6.09 Å². The molecule has 0 aliphatic heterocycles. The number of carbonyl (C=O) groups excluding carboxylic acids is 1. The molecule has 23 heavy (non-hydrogen) atoms. The van der Waals surface area contributed by atoms with E-state index in [1.54, 1.807) is 17.9 Å². The summed E-state index contributed by atoms with van der Waals surface area (Å²) in [5, 5.41) is 16.1. The van der Waals surface area contributed by atoms with E-state index in [-0.39, 0.29) is 0 Å². The molecule has 1 rings (SSSR count). The Balaban J connectivity index is 2.82. The molecule has 0 fully saturated rings. The fourth-order valence-corrected chi connectivity index (χ4v) is 2.10. The normalized spacial score (nSPS) is 11.9. The molecule has 0 saturated carbocycles. The summed E-state index contributed by atoms with van der Waals surface area (Å²) < 4.78 is 12.1. The number of nitrogens with zero attached hydrogens (tertiary/aromatic N) is 3. The standard InChI is InChI=1S/C16H26N4O3/c1-15(2,3)23-14(21)18-16(4,5)10-13-9-12(11-17)19-20(13)7-8-22-6/h9H,7-8,10H2,1-6H3,(H,18,21). The van der Waals surface area contributed by atoms with E-state index >= 15 is 0 Å². The van der Waals surface area contributed by atoms with Crippen LogP contribution in [0.4, 0.5) is 4.79 Å². The van der Waals surface area contributed by atoms with Crippen LogP contribution >= 0.6 is 0 Å². The molecule has 0 spiro atoms. The minimum Gasteiger partial charge on any atom is -0.444 e. The van der Waals surface area contributed by atoms with Gasteiger partial charge in [0.15, 0.2) is 5.69 Å². The summed E-state index contributed by atoms with van der Waals surface area (Å²) >= 11 is 0. The molecule has 0 aliphatic rings. The third-order valence-corrected chi connectivity index (χ3v) is 2.95. The lowest BCUT2D eigenvalue weighted by atomic mass is 9.98. The number of methoxy groups -OCH3 is 1. The smallest absolute Gasteiger partial charge is 0.408 e. The van der Waals surface area contributed by atoms with Crippen LogP contribution in [0.3, 0.4) is 0 Å². The lowest BCUT2D eigenvalue weighted by Gasteiger charge is -2.28. The first-order valence-electron chi connectivity index (χ1n) is 7.53. The van der Waals surface area contributed by atoms with Crippen molar-refractivity contribution in [3.8, 4) is 6.07 Å². The average molecular weight is 322 g/mol. The van der Waals surface area contributed by atoms with Crippen molar-refractivity contribution in [2.75, 3.05) is 13.7 Å². The molecule has 0 saturated heterocycles. The second kappa shape index (κ2) is 7.47. The zero-order valence-electron chi connectivity index (χ0n) is 14.8. The Morgan fingerprint density at radius 1 is 1.39 bits per heavy atom. The fourth-order valence-electron chi connectivity index (χ4n) is 2.10. The van der Waals surface area contributed by atoms with Crippen molar-refractivity contribution in [2.24, 2.45) is 0 Å². The maximum Gasteiger partial charge on any atom is 0.408 e. The second-order valence-electron chi connectivity index (χ2n) is 7.04. The van der Waals surface area contributed by atoms with Crippen LogP contribution in [-0.2, 0) is 22.4 Å². The molecule has 0 unspecified atom stereocenters. The van der Waals surface area contributed by atoms with Crippen molar-refractivity contribution in [3.63, 3.8) is 0 Å². The highest BCUT2D eigenvalue weighted by atomic mass is 16.6. The number of nitriles is 1. The van der Waals surface area contributed by atoms with Crippen molar-refractivity contribution in [1.82, 2.24) is 15.1 Å². The lowest BCUT2D eigenvalue weighted by Crippen LogP contribution is -2.47. The van der Waals surface area contributed by atoms with E-state index < -0.39 is 17.2 Å². The first-order chi connectivity index (χ1) is 10.6. The second-order valence-corrected chi connectivity index (χ2v) is 7.04. The van der Waals surface area contributed by atoms with E-state index in [1.165, 1.54) is 0 Å². The number of aromatic nitrogens is 2. The van der Waals surface area contributed by atoms with Crippen molar-refractivity contribution >= 4 is 6.09 Å². The molecule has 1 amide bonds. The van der Waals surface area contributed by atoms with Crippen LogP contribution in [0.1, 0.15) is 46.0 Å². The third-order valence-electron chi connectivity index (χ3n) is 2.95. The molecule has 0 bridgehead atoms. The minimum atomic E-state index is -0.547. The quantitative estimate of drug-likeness (QED) is 0.867. The van der Waals surface area contributed by atoms with Crippen LogP contribution in [0, 0.1) is 11.3 Å². The van der Waals surface area contributed by atoms with Crippen molar-refractivity contribution in [2.45, 2.75) is 58.7 Å². The highest BCUT2D eigenvalue weighted by Gasteiger charge is 2.26. The zero-order valence-corrected chi connectivity index (χ0v) is 14.8. The number of alkyl carbamates (subject to hydrolysis) is 1. The van der Waals surface area contributed by atoms with E-state index in [9.17, 15) is 4.79 Å². The van der Waals surface area contributed by atoms with E-state index in [0.29, 0.717) is 25.3 Å². The van der Waals surface area contributed by atoms with Gasteiger partial charge in [0, 0.05) is 24.8 Å². The maximum atomic E-state index is 12.0. The largest absolute Gasteiger partial charge is 0.444 e. The topological polar surface area (TPSA) is 89.2 Å². The molecule has 1 N–H and O–H groups in total. The Morgan fingerprint density at radius 3 is 2.57 bits per heavy atom. The van der Waals surface area contributed by atoms with Gasteiger partial charge in [0.1, 0.15) is 11.7 Å². The minimum absolute atomic E-state index is 0.351. The van der Waals surface area contributed by atoms with Crippen LogP contribution in [-0.4, -0.2) is 40.7 Å². The molecule has 7 nitrogen and oxygen atoms in total. The molecule has 0 aromatic carbocycles. The molecule has 1 heterocycles. The zero-order chi connectivity index (χ0) is 17.7. The highest BCUT2D eigenvalue weighted by molar-refractivity contribution is 5.68. The molecule has 0 aliphatic carbocycles. The summed E-state index contributed by atoms with van der Waals surface area (Å²) in [6, 6.07) is 3.77. The van der Waals surface area contributed by atoms with Crippen LogP contribution < -0.4 is 5.32 Å². The summed E-state index contributed by atoms with van der Waals surface area (Å²) in [6.45, 7) is 10.3. The molecule has 7 heteroatoms. The van der Waals surface area contributed by atoms with Gasteiger partial charge in [-0.05, 0) is 40.7 Å². The molecule has 0 radical (unpaired) electrons. The molecule has 1 aromatic rings. The van der Waals surface area contributed by atoms with Crippen molar-refractivity contribution in [1.29, 1.82) is 5.26 Å². The number of amides is 1. The average Bonchev–Trinajstić information content (AvgIpc) is 2.74. The van der Waals surface area contributed by atoms with Gasteiger partial charge in [0.2, 0.25) is 0 Å².